The Morgan fingerprint density at radius 2 is 1.00 bits per heavy atom. The molecular weight excluding hydrogens is 577 g/mol. The maximum absolute atomic E-state index is 13.4. The van der Waals surface area contributed by atoms with Gasteiger partial charge < -0.3 is 5.11 Å². The number of hydrogen-bond donors (Lipinski definition) is 0. The fourth-order valence-electron chi connectivity index (χ4n) is 5.22. The molecule has 1 aliphatic carbocycles. The molecule has 2 nitrogen and oxygen atoms in total. The third-order valence-electron chi connectivity index (χ3n) is 7.46. The molecule has 7 rings (SSSR count). The lowest BCUT2D eigenvalue weighted by molar-refractivity contribution is -0.300. The van der Waals surface area contributed by atoms with Gasteiger partial charge in [-0.05, 0) is 70.8 Å². The summed E-state index contributed by atoms with van der Waals surface area (Å²) in [7, 11) is 0. The van der Waals surface area contributed by atoms with Crippen molar-refractivity contribution in [3.8, 4) is 20.9 Å². The minimum Gasteiger partial charge on any atom is -0.871 e. The average Bonchev–Trinajstić information content (AvgIpc) is 3.10. The van der Waals surface area contributed by atoms with Crippen molar-refractivity contribution in [3.05, 3.63) is 191 Å². The van der Waals surface area contributed by atoms with Gasteiger partial charge in [-0.3, -0.25) is 4.79 Å². The second-order valence-electron chi connectivity index (χ2n) is 10.5. The number of Topliss-reactive ketones (excluding diaryl/α,β-unsaturated/α-hetero) is 1. The van der Waals surface area contributed by atoms with Crippen LogP contribution in [-0.2, 0) is 4.79 Å². The lowest BCUT2D eigenvalue weighted by Gasteiger charge is -2.29. The Hall–Kier alpha value is -5.03. The van der Waals surface area contributed by atoms with Gasteiger partial charge >= 0.3 is 0 Å². The van der Waals surface area contributed by atoms with Crippen LogP contribution in [0.3, 0.4) is 0 Å². The van der Waals surface area contributed by atoms with Crippen LogP contribution in [0.15, 0.2) is 174 Å². The first kappa shape index (κ1) is 27.8. The van der Waals surface area contributed by atoms with Gasteiger partial charge in [-0.1, -0.05) is 115 Å². The van der Waals surface area contributed by atoms with E-state index in [0.29, 0.717) is 0 Å². The normalized spacial score (nSPS) is 15.5. The summed E-state index contributed by atoms with van der Waals surface area (Å²) in [6, 6.07) is 44.8. The van der Waals surface area contributed by atoms with Crippen LogP contribution in [0.25, 0.3) is 36.8 Å². The summed E-state index contributed by atoms with van der Waals surface area (Å²) in [4.78, 5) is 17.7. The molecule has 0 unspecified atom stereocenters. The maximum Gasteiger partial charge on any atom is 0.239 e. The number of ketones is 1. The molecule has 5 aromatic rings. The highest BCUT2D eigenvalue weighted by Crippen LogP contribution is 2.45. The molecular formula is C40H26O2S2. The molecule has 210 valence electrons. The molecule has 1 aromatic heterocycles. The predicted molar refractivity (Wildman–Crippen MR) is 184 cm³/mol. The van der Waals surface area contributed by atoms with Crippen molar-refractivity contribution in [1.82, 2.24) is 0 Å². The molecule has 4 heteroatoms. The smallest absolute Gasteiger partial charge is 0.239 e. The molecule has 1 aliphatic heterocycles. The third kappa shape index (κ3) is 5.78. The first-order valence-electron chi connectivity index (χ1n) is 14.3. The third-order valence-corrected chi connectivity index (χ3v) is 9.76. The van der Waals surface area contributed by atoms with Crippen LogP contribution < -0.4 is 5.11 Å². The summed E-state index contributed by atoms with van der Waals surface area (Å²) >= 11 is 3.38. The van der Waals surface area contributed by atoms with E-state index in [0.717, 1.165) is 53.0 Å². The largest absolute Gasteiger partial charge is 0.871 e. The zero-order valence-corrected chi connectivity index (χ0v) is 25.3. The molecule has 0 radical (unpaired) electrons. The van der Waals surface area contributed by atoms with Gasteiger partial charge in [0.1, 0.15) is 0 Å². The van der Waals surface area contributed by atoms with Crippen LogP contribution in [0.5, 0.6) is 0 Å². The van der Waals surface area contributed by atoms with Crippen LogP contribution in [0, 0.1) is 0 Å². The minimum atomic E-state index is -0.222. The van der Waals surface area contributed by atoms with Crippen molar-refractivity contribution in [2.75, 3.05) is 0 Å². The van der Waals surface area contributed by atoms with Crippen molar-refractivity contribution >= 4 is 44.8 Å². The van der Waals surface area contributed by atoms with E-state index >= 15 is 0 Å². The van der Waals surface area contributed by atoms with E-state index in [1.54, 1.807) is 35.3 Å². The summed E-state index contributed by atoms with van der Waals surface area (Å²) < 4.78 is 0. The summed E-state index contributed by atoms with van der Waals surface area (Å²) in [5.74, 6) is -0.444. The number of benzene rings is 4. The summed E-state index contributed by atoms with van der Waals surface area (Å²) in [6.45, 7) is 0. The van der Waals surface area contributed by atoms with E-state index in [1.165, 1.54) is 0 Å². The number of carbonyl (C=O) groups excluding carboxylic acids is 1. The second kappa shape index (κ2) is 12.3. The van der Waals surface area contributed by atoms with Crippen LogP contribution in [0.2, 0.25) is 0 Å². The predicted octanol–water partition coefficient (Wildman–Crippen LogP) is 9.70. The number of hydrogen-bond acceptors (Lipinski definition) is 3. The van der Waals surface area contributed by atoms with E-state index in [4.69, 9.17) is 0 Å². The Morgan fingerprint density at radius 1 is 0.568 bits per heavy atom. The first-order chi connectivity index (χ1) is 21.6. The van der Waals surface area contributed by atoms with Crippen molar-refractivity contribution in [3.63, 3.8) is 0 Å². The van der Waals surface area contributed by atoms with Crippen LogP contribution >= 0.6 is 23.1 Å². The van der Waals surface area contributed by atoms with E-state index in [1.807, 2.05) is 72.8 Å². The Balaban J connectivity index is 1.28. The summed E-state index contributed by atoms with van der Waals surface area (Å²) in [6.07, 6.45) is 7.59. The number of thioether (sulfide) groups is 1. The van der Waals surface area contributed by atoms with Gasteiger partial charge in [-0.2, -0.15) is 0 Å². The fraction of sp³-hybridized carbons (Fsp3) is 0. The van der Waals surface area contributed by atoms with Gasteiger partial charge in [0.15, 0.2) is 5.78 Å². The molecule has 0 bridgehead atoms. The molecule has 2 aliphatic rings. The van der Waals surface area contributed by atoms with E-state index in [9.17, 15) is 9.90 Å². The van der Waals surface area contributed by atoms with Crippen LogP contribution in [-0.4, -0.2) is 5.78 Å². The zero-order valence-electron chi connectivity index (χ0n) is 23.6. The standard InChI is InChI=1S/C40H26O2S2/c41-39-33(21-27-23-35(29-13-5-1-6-14-29)43-36(24-27)30-15-7-2-8-16-30)40(42)34(39)22-28-25-37(31-17-9-3-10-18-31)44-38(26-28)32-19-11-4-12-20-32/h1-26H. The average molecular weight is 603 g/mol. The molecule has 44 heavy (non-hydrogen) atoms. The van der Waals surface area contributed by atoms with Gasteiger partial charge in [0.25, 0.3) is 0 Å². The molecule has 0 atom stereocenters. The molecule has 0 saturated heterocycles. The van der Waals surface area contributed by atoms with E-state index in [-0.39, 0.29) is 22.7 Å². The fourth-order valence-corrected chi connectivity index (χ4v) is 7.49. The number of carbonyl (C=O) groups is 1. The lowest BCUT2D eigenvalue weighted by atomic mass is 9.85. The maximum atomic E-state index is 13.4. The SMILES string of the molecule is O=C1C(C=C2C=C(c3ccccc3)SC(c3ccccc3)=C2)=C([O-])/C1=C/c1cc(-c2ccccc2)[s+]c(-c2ccccc2)c1. The monoisotopic (exact) mass is 602 g/mol. The Bertz CT molecular complexity index is 1900. The Morgan fingerprint density at radius 3 is 1.43 bits per heavy atom. The van der Waals surface area contributed by atoms with Crippen molar-refractivity contribution in [2.24, 2.45) is 0 Å². The second-order valence-corrected chi connectivity index (χ2v) is 12.6. The topological polar surface area (TPSA) is 40.1 Å². The summed E-state index contributed by atoms with van der Waals surface area (Å²) in [5, 5.41) is 13.4. The van der Waals surface area contributed by atoms with Gasteiger partial charge in [-0.15, -0.1) is 0 Å². The number of allylic oxidation sites excluding steroid dienone is 6. The van der Waals surface area contributed by atoms with E-state index in [2.05, 4.69) is 72.8 Å². The van der Waals surface area contributed by atoms with Gasteiger partial charge in [0.2, 0.25) is 21.1 Å². The van der Waals surface area contributed by atoms with Gasteiger partial charge in [-0.25, -0.2) is 0 Å². The molecule has 0 fully saturated rings. The van der Waals surface area contributed by atoms with Gasteiger partial charge in [0, 0.05) is 44.2 Å². The minimum absolute atomic E-state index is 0.218. The van der Waals surface area contributed by atoms with Crippen LogP contribution in [0.1, 0.15) is 16.7 Å². The molecule has 0 N–H and O–H groups in total. The van der Waals surface area contributed by atoms with Crippen molar-refractivity contribution in [2.45, 2.75) is 0 Å². The lowest BCUT2D eigenvalue weighted by Crippen LogP contribution is -2.29. The van der Waals surface area contributed by atoms with Crippen molar-refractivity contribution < 1.29 is 9.90 Å². The highest BCUT2D eigenvalue weighted by atomic mass is 32.2. The quantitative estimate of drug-likeness (QED) is 0.144. The molecule has 2 heterocycles. The molecule has 0 amide bonds. The highest BCUT2D eigenvalue weighted by molar-refractivity contribution is 8.16. The van der Waals surface area contributed by atoms with Crippen molar-refractivity contribution in [1.29, 1.82) is 0 Å². The Kier molecular flexibility index (Phi) is 7.76. The first-order valence-corrected chi connectivity index (χ1v) is 16.0. The Labute approximate surface area is 265 Å². The molecule has 0 saturated carbocycles. The summed E-state index contributed by atoms with van der Waals surface area (Å²) in [5.41, 5.74) is 6.47. The van der Waals surface area contributed by atoms with E-state index < -0.39 is 0 Å². The molecule has 4 aromatic carbocycles. The number of rotatable bonds is 6. The van der Waals surface area contributed by atoms with Gasteiger partial charge in [0.05, 0.1) is 0 Å². The van der Waals surface area contributed by atoms with Crippen LogP contribution in [0.4, 0.5) is 0 Å². The highest BCUT2D eigenvalue weighted by Gasteiger charge is 2.27. The molecule has 0 spiro atoms. The zero-order chi connectivity index (χ0) is 29.9.